The van der Waals surface area contributed by atoms with Crippen LogP contribution in [0.2, 0.25) is 0 Å². The molecule has 4 rings (SSSR count). The molecule has 0 radical (unpaired) electrons. The summed E-state index contributed by atoms with van der Waals surface area (Å²) in [6.45, 7) is 0. The minimum absolute atomic E-state index is 0.344. The molecule has 0 atom stereocenters. The Morgan fingerprint density at radius 1 is 0.458 bits per heavy atom. The minimum atomic E-state index is -2.18. The first-order chi connectivity index (χ1) is 11.4. The molecule has 0 aliphatic carbocycles. The minimum Gasteiger partial charge on any atom is -0.206 e. The fourth-order valence-corrected chi connectivity index (χ4v) is 2.92. The van der Waals surface area contributed by atoms with Crippen LogP contribution < -0.4 is 0 Å². The highest BCUT2D eigenvalue weighted by atomic mass is 19.2. The Kier molecular flexibility index (Phi) is 3.00. The molecule has 0 aliphatic heterocycles. The molecule has 24 heavy (non-hydrogen) atoms. The SMILES string of the molecule is Fc1c(F)c(F)c2c(F)c3cc4ccccc4cc3c(F)c2c1F. The van der Waals surface area contributed by atoms with Crippen molar-refractivity contribution in [1.29, 1.82) is 0 Å². The summed E-state index contributed by atoms with van der Waals surface area (Å²) >= 11 is 0. The smallest absolute Gasteiger partial charge is 0.198 e. The number of rotatable bonds is 0. The van der Waals surface area contributed by atoms with Crippen molar-refractivity contribution in [3.05, 3.63) is 71.3 Å². The summed E-state index contributed by atoms with van der Waals surface area (Å²) in [5, 5.41) is -2.11. The van der Waals surface area contributed by atoms with E-state index in [9.17, 15) is 26.3 Å². The number of fused-ring (bicyclic) bond motifs is 3. The highest BCUT2D eigenvalue weighted by Gasteiger charge is 2.27. The van der Waals surface area contributed by atoms with Crippen LogP contribution in [-0.4, -0.2) is 0 Å². The predicted molar refractivity (Wildman–Crippen MR) is 78.7 cm³/mol. The number of hydrogen-bond acceptors (Lipinski definition) is 0. The monoisotopic (exact) mass is 336 g/mol. The van der Waals surface area contributed by atoms with E-state index in [0.717, 1.165) is 0 Å². The van der Waals surface area contributed by atoms with Crippen molar-refractivity contribution >= 4 is 32.3 Å². The predicted octanol–water partition coefficient (Wildman–Crippen LogP) is 5.98. The molecular weight excluding hydrogens is 330 g/mol. The van der Waals surface area contributed by atoms with Crippen LogP contribution in [0.25, 0.3) is 32.3 Å². The average Bonchev–Trinajstić information content (AvgIpc) is 2.59. The van der Waals surface area contributed by atoms with Crippen LogP contribution in [0.15, 0.2) is 36.4 Å². The molecule has 0 unspecified atom stereocenters. The first-order valence-electron chi connectivity index (χ1n) is 6.87. The second-order valence-corrected chi connectivity index (χ2v) is 5.38. The van der Waals surface area contributed by atoms with Crippen LogP contribution in [0.3, 0.4) is 0 Å². The van der Waals surface area contributed by atoms with Crippen LogP contribution in [0.4, 0.5) is 26.3 Å². The van der Waals surface area contributed by atoms with Crippen molar-refractivity contribution in [1.82, 2.24) is 0 Å². The molecule has 0 heterocycles. The van der Waals surface area contributed by atoms with E-state index < -0.39 is 45.7 Å². The van der Waals surface area contributed by atoms with Gasteiger partial charge in [0.25, 0.3) is 0 Å². The summed E-state index contributed by atoms with van der Waals surface area (Å²) in [6.07, 6.45) is 0. The van der Waals surface area contributed by atoms with Gasteiger partial charge in [-0.05, 0) is 22.9 Å². The molecule has 0 aliphatic rings. The quantitative estimate of drug-likeness (QED) is 0.160. The van der Waals surface area contributed by atoms with E-state index in [1.54, 1.807) is 24.3 Å². The fraction of sp³-hybridized carbons (Fsp3) is 0. The van der Waals surface area contributed by atoms with E-state index in [1.807, 2.05) is 0 Å². The van der Waals surface area contributed by atoms with Crippen molar-refractivity contribution in [3.63, 3.8) is 0 Å². The van der Waals surface area contributed by atoms with Crippen molar-refractivity contribution in [2.75, 3.05) is 0 Å². The maximum Gasteiger partial charge on any atom is 0.198 e. The van der Waals surface area contributed by atoms with Gasteiger partial charge in [0.2, 0.25) is 0 Å². The Morgan fingerprint density at radius 3 is 1.21 bits per heavy atom. The van der Waals surface area contributed by atoms with Gasteiger partial charge in [-0.2, -0.15) is 0 Å². The van der Waals surface area contributed by atoms with E-state index in [-0.39, 0.29) is 10.8 Å². The van der Waals surface area contributed by atoms with Gasteiger partial charge in [0.05, 0.1) is 10.8 Å². The van der Waals surface area contributed by atoms with E-state index in [2.05, 4.69) is 0 Å². The standard InChI is InChI=1S/C18H6F6/c19-13-9-5-7-3-1-2-4-8(7)6-10(9)14(20)12-11(13)15(21)17(23)18(24)16(12)22/h1-6H. The average molecular weight is 336 g/mol. The van der Waals surface area contributed by atoms with Gasteiger partial charge < -0.3 is 0 Å². The van der Waals surface area contributed by atoms with Gasteiger partial charge in [-0.3, -0.25) is 0 Å². The molecule has 0 fully saturated rings. The molecule has 0 saturated heterocycles. The van der Waals surface area contributed by atoms with Gasteiger partial charge in [-0.1, -0.05) is 24.3 Å². The Balaban J connectivity index is 2.35. The first-order valence-corrected chi connectivity index (χ1v) is 6.87. The molecular formula is C18H6F6. The topological polar surface area (TPSA) is 0 Å². The zero-order valence-electron chi connectivity index (χ0n) is 11.7. The van der Waals surface area contributed by atoms with Crippen LogP contribution in [-0.2, 0) is 0 Å². The highest BCUT2D eigenvalue weighted by molar-refractivity contribution is 6.06. The second kappa shape index (κ2) is 4.87. The summed E-state index contributed by atoms with van der Waals surface area (Å²) in [4.78, 5) is 0. The summed E-state index contributed by atoms with van der Waals surface area (Å²) in [5.74, 6) is -11.0. The van der Waals surface area contributed by atoms with Crippen LogP contribution in [0.5, 0.6) is 0 Å². The van der Waals surface area contributed by atoms with Crippen LogP contribution in [0, 0.1) is 34.9 Å². The van der Waals surface area contributed by atoms with Crippen molar-refractivity contribution < 1.29 is 26.3 Å². The van der Waals surface area contributed by atoms with Crippen LogP contribution >= 0.6 is 0 Å². The van der Waals surface area contributed by atoms with E-state index in [0.29, 0.717) is 10.8 Å². The van der Waals surface area contributed by atoms with Crippen molar-refractivity contribution in [2.45, 2.75) is 0 Å². The maximum atomic E-state index is 14.7. The lowest BCUT2D eigenvalue weighted by atomic mass is 9.97. The number of hydrogen-bond donors (Lipinski definition) is 0. The van der Waals surface area contributed by atoms with Crippen molar-refractivity contribution in [2.24, 2.45) is 0 Å². The Morgan fingerprint density at radius 2 is 0.833 bits per heavy atom. The van der Waals surface area contributed by atoms with Gasteiger partial charge in [0.15, 0.2) is 23.3 Å². The fourth-order valence-electron chi connectivity index (χ4n) is 2.92. The summed E-state index contributed by atoms with van der Waals surface area (Å²) < 4.78 is 84.0. The lowest BCUT2D eigenvalue weighted by Gasteiger charge is -2.11. The number of benzene rings is 4. The molecule has 0 bridgehead atoms. The normalized spacial score (nSPS) is 11.8. The lowest BCUT2D eigenvalue weighted by molar-refractivity contribution is 0.415. The van der Waals surface area contributed by atoms with E-state index in [4.69, 9.17) is 0 Å². The van der Waals surface area contributed by atoms with E-state index in [1.165, 1.54) is 12.1 Å². The molecule has 0 aromatic heterocycles. The Labute approximate surface area is 130 Å². The van der Waals surface area contributed by atoms with Gasteiger partial charge in [0, 0.05) is 10.8 Å². The highest BCUT2D eigenvalue weighted by Crippen LogP contribution is 2.37. The lowest BCUT2D eigenvalue weighted by Crippen LogP contribution is -2.03. The third-order valence-electron chi connectivity index (χ3n) is 4.06. The van der Waals surface area contributed by atoms with Crippen LogP contribution in [0.1, 0.15) is 0 Å². The molecule has 4 aromatic carbocycles. The van der Waals surface area contributed by atoms with Gasteiger partial charge in [0.1, 0.15) is 11.6 Å². The van der Waals surface area contributed by atoms with E-state index >= 15 is 0 Å². The molecule has 0 saturated carbocycles. The Hall–Kier alpha value is -2.76. The van der Waals surface area contributed by atoms with Gasteiger partial charge in [-0.25, -0.2) is 26.3 Å². The molecule has 0 N–H and O–H groups in total. The third-order valence-corrected chi connectivity index (χ3v) is 4.06. The molecule has 0 spiro atoms. The molecule has 120 valence electrons. The molecule has 0 amide bonds. The molecule has 6 heteroatoms. The first kappa shape index (κ1) is 14.8. The largest absolute Gasteiger partial charge is 0.206 e. The summed E-state index contributed by atoms with van der Waals surface area (Å²) in [5.41, 5.74) is 0. The van der Waals surface area contributed by atoms with Gasteiger partial charge in [-0.15, -0.1) is 0 Å². The molecule has 4 aromatic rings. The number of halogens is 6. The Bertz CT molecular complexity index is 1070. The third kappa shape index (κ3) is 1.76. The summed E-state index contributed by atoms with van der Waals surface area (Å²) in [7, 11) is 0. The van der Waals surface area contributed by atoms with Crippen molar-refractivity contribution in [3.8, 4) is 0 Å². The maximum absolute atomic E-state index is 14.7. The zero-order chi connectivity index (χ0) is 17.2. The molecule has 0 nitrogen and oxygen atoms in total. The second-order valence-electron chi connectivity index (χ2n) is 5.38. The van der Waals surface area contributed by atoms with Gasteiger partial charge >= 0.3 is 0 Å². The zero-order valence-corrected chi connectivity index (χ0v) is 11.7. The summed E-state index contributed by atoms with van der Waals surface area (Å²) in [6, 6.07) is 9.08.